The minimum Gasteiger partial charge on any atom is -0.492 e. The fourth-order valence-electron chi connectivity index (χ4n) is 4.31. The SMILES string of the molecule is CCOc1ccccc1N(CC(=O)N(Cc1ccc(C)cc1)C(CC)C(=O)NC)S(=O)(=O)c1ccc(SC)cc1. The molecule has 0 aliphatic heterocycles. The first-order valence-electron chi connectivity index (χ1n) is 13.1. The van der Waals surface area contributed by atoms with Gasteiger partial charge in [-0.2, -0.15) is 0 Å². The van der Waals surface area contributed by atoms with Gasteiger partial charge < -0.3 is 15.0 Å². The lowest BCUT2D eigenvalue weighted by Gasteiger charge is -2.33. The first-order valence-corrected chi connectivity index (χ1v) is 15.8. The molecule has 10 heteroatoms. The number of benzene rings is 3. The zero-order valence-corrected chi connectivity index (χ0v) is 25.2. The molecule has 0 saturated heterocycles. The number of ether oxygens (including phenoxy) is 1. The van der Waals surface area contributed by atoms with Gasteiger partial charge in [-0.05, 0) is 68.5 Å². The second-order valence-corrected chi connectivity index (χ2v) is 11.9. The van der Waals surface area contributed by atoms with Crippen molar-refractivity contribution in [3.8, 4) is 5.75 Å². The molecule has 0 aromatic heterocycles. The number of amides is 2. The van der Waals surface area contributed by atoms with Crippen molar-refractivity contribution < 1.29 is 22.7 Å². The molecule has 40 heavy (non-hydrogen) atoms. The average Bonchev–Trinajstić information content (AvgIpc) is 2.97. The molecule has 3 rings (SSSR count). The molecular weight excluding hydrogens is 546 g/mol. The van der Waals surface area contributed by atoms with Crippen LogP contribution in [0.4, 0.5) is 5.69 Å². The summed E-state index contributed by atoms with van der Waals surface area (Å²) >= 11 is 1.50. The minimum atomic E-state index is -4.19. The van der Waals surface area contributed by atoms with Crippen molar-refractivity contribution in [1.29, 1.82) is 0 Å². The van der Waals surface area contributed by atoms with Gasteiger partial charge in [-0.15, -0.1) is 11.8 Å². The molecule has 0 radical (unpaired) electrons. The Balaban J connectivity index is 2.10. The number of hydrogen-bond donors (Lipinski definition) is 1. The number of nitrogens with one attached hydrogen (secondary N) is 1. The van der Waals surface area contributed by atoms with Gasteiger partial charge in [0.05, 0.1) is 17.2 Å². The van der Waals surface area contributed by atoms with E-state index in [9.17, 15) is 18.0 Å². The molecule has 1 atom stereocenters. The Morgan fingerprint density at radius 1 is 0.975 bits per heavy atom. The standard InChI is InChI=1S/C30H37N3O5S2/c1-6-26(30(35)31-4)32(20-23-14-12-22(3)13-15-23)29(34)21-33(27-10-8-9-11-28(27)38-7-2)40(36,37)25-18-16-24(39-5)17-19-25/h8-19,26H,6-7,20-21H2,1-5H3,(H,31,35). The molecule has 8 nitrogen and oxygen atoms in total. The van der Waals surface area contributed by atoms with Gasteiger partial charge in [-0.1, -0.05) is 48.9 Å². The van der Waals surface area contributed by atoms with E-state index < -0.39 is 28.5 Å². The number of aryl methyl sites for hydroxylation is 1. The summed E-state index contributed by atoms with van der Waals surface area (Å²) in [7, 11) is -2.67. The van der Waals surface area contributed by atoms with E-state index in [1.54, 1.807) is 43.3 Å². The lowest BCUT2D eigenvalue weighted by Crippen LogP contribution is -2.51. The van der Waals surface area contributed by atoms with Crippen LogP contribution in [-0.2, 0) is 26.2 Å². The number of carbonyl (C=O) groups is 2. The largest absolute Gasteiger partial charge is 0.492 e. The molecule has 0 heterocycles. The molecule has 1 unspecified atom stereocenters. The first-order chi connectivity index (χ1) is 19.2. The second kappa shape index (κ2) is 14.2. The number of carbonyl (C=O) groups excluding carboxylic acids is 2. The zero-order chi connectivity index (χ0) is 29.3. The molecule has 2 amide bonds. The predicted molar refractivity (Wildman–Crippen MR) is 160 cm³/mol. The Morgan fingerprint density at radius 2 is 1.62 bits per heavy atom. The van der Waals surface area contributed by atoms with Crippen molar-refractivity contribution in [1.82, 2.24) is 10.2 Å². The van der Waals surface area contributed by atoms with E-state index in [0.29, 0.717) is 18.8 Å². The number of hydrogen-bond acceptors (Lipinski definition) is 6. The molecule has 0 aliphatic carbocycles. The molecule has 1 N–H and O–H groups in total. The highest BCUT2D eigenvalue weighted by atomic mass is 32.2. The number of para-hydroxylation sites is 2. The van der Waals surface area contributed by atoms with Crippen LogP contribution >= 0.6 is 11.8 Å². The number of likely N-dealkylation sites (N-methyl/N-ethyl adjacent to an activating group) is 1. The van der Waals surface area contributed by atoms with Crippen LogP contribution in [0.3, 0.4) is 0 Å². The van der Waals surface area contributed by atoms with E-state index in [4.69, 9.17) is 4.74 Å². The molecule has 0 bridgehead atoms. The van der Waals surface area contributed by atoms with E-state index in [1.807, 2.05) is 44.4 Å². The van der Waals surface area contributed by atoms with Gasteiger partial charge in [0.1, 0.15) is 18.3 Å². The molecule has 0 aliphatic rings. The van der Waals surface area contributed by atoms with Gasteiger partial charge in [0, 0.05) is 18.5 Å². The van der Waals surface area contributed by atoms with Crippen LogP contribution in [0.5, 0.6) is 5.75 Å². The Labute approximate surface area is 241 Å². The zero-order valence-electron chi connectivity index (χ0n) is 23.6. The molecule has 3 aromatic carbocycles. The maximum Gasteiger partial charge on any atom is 0.264 e. The Kier molecular flexibility index (Phi) is 11.0. The summed E-state index contributed by atoms with van der Waals surface area (Å²) in [6.45, 7) is 5.54. The smallest absolute Gasteiger partial charge is 0.264 e. The van der Waals surface area contributed by atoms with E-state index in [2.05, 4.69) is 5.32 Å². The number of sulfonamides is 1. The monoisotopic (exact) mass is 583 g/mol. The summed E-state index contributed by atoms with van der Waals surface area (Å²) in [4.78, 5) is 29.3. The van der Waals surface area contributed by atoms with Gasteiger partial charge in [0.25, 0.3) is 10.0 Å². The minimum absolute atomic E-state index is 0.0489. The summed E-state index contributed by atoms with van der Waals surface area (Å²) in [5, 5.41) is 2.64. The van der Waals surface area contributed by atoms with Crippen LogP contribution in [0.1, 0.15) is 31.4 Å². The highest BCUT2D eigenvalue weighted by Gasteiger charge is 2.34. The van der Waals surface area contributed by atoms with Crippen molar-refractivity contribution in [2.75, 3.05) is 30.8 Å². The topological polar surface area (TPSA) is 96.0 Å². The normalized spacial score (nSPS) is 11.9. The third-order valence-electron chi connectivity index (χ3n) is 6.47. The van der Waals surface area contributed by atoms with Crippen LogP contribution in [0.2, 0.25) is 0 Å². The van der Waals surface area contributed by atoms with E-state index in [-0.39, 0.29) is 23.0 Å². The molecule has 0 fully saturated rings. The van der Waals surface area contributed by atoms with Crippen LogP contribution in [-0.4, -0.2) is 57.6 Å². The van der Waals surface area contributed by atoms with E-state index >= 15 is 0 Å². The van der Waals surface area contributed by atoms with E-state index in [0.717, 1.165) is 20.3 Å². The Morgan fingerprint density at radius 3 is 2.20 bits per heavy atom. The molecular formula is C30H37N3O5S2. The maximum absolute atomic E-state index is 14.1. The predicted octanol–water partition coefficient (Wildman–Crippen LogP) is 4.86. The van der Waals surface area contributed by atoms with Crippen molar-refractivity contribution in [2.24, 2.45) is 0 Å². The van der Waals surface area contributed by atoms with Crippen LogP contribution in [0.25, 0.3) is 0 Å². The average molecular weight is 584 g/mol. The van der Waals surface area contributed by atoms with Crippen molar-refractivity contribution in [3.63, 3.8) is 0 Å². The summed E-state index contributed by atoms with van der Waals surface area (Å²) in [5.41, 5.74) is 2.14. The number of anilines is 1. The van der Waals surface area contributed by atoms with Crippen molar-refractivity contribution in [2.45, 2.75) is 49.6 Å². The fraction of sp³-hybridized carbons (Fsp3) is 0.333. The second-order valence-electron chi connectivity index (χ2n) is 9.13. The highest BCUT2D eigenvalue weighted by molar-refractivity contribution is 7.98. The van der Waals surface area contributed by atoms with E-state index in [1.165, 1.54) is 35.8 Å². The molecule has 0 saturated carbocycles. The first kappa shape index (κ1) is 31.0. The lowest BCUT2D eigenvalue weighted by molar-refractivity contribution is -0.140. The van der Waals surface area contributed by atoms with Crippen LogP contribution in [0, 0.1) is 6.92 Å². The third kappa shape index (κ3) is 7.37. The fourth-order valence-corrected chi connectivity index (χ4v) is 6.14. The van der Waals surface area contributed by atoms with Gasteiger partial charge >= 0.3 is 0 Å². The van der Waals surface area contributed by atoms with Crippen molar-refractivity contribution >= 4 is 39.3 Å². The molecule has 0 spiro atoms. The van der Waals surface area contributed by atoms with Gasteiger partial charge in [0.2, 0.25) is 11.8 Å². The maximum atomic E-state index is 14.1. The third-order valence-corrected chi connectivity index (χ3v) is 8.98. The van der Waals surface area contributed by atoms with Gasteiger partial charge in [0.15, 0.2) is 0 Å². The van der Waals surface area contributed by atoms with Gasteiger partial charge in [-0.25, -0.2) is 8.42 Å². The summed E-state index contributed by atoms with van der Waals surface area (Å²) in [5.74, 6) is -0.489. The summed E-state index contributed by atoms with van der Waals surface area (Å²) in [6, 6.07) is 20.2. The molecule has 214 valence electrons. The van der Waals surface area contributed by atoms with Crippen LogP contribution in [0.15, 0.2) is 82.6 Å². The van der Waals surface area contributed by atoms with Crippen molar-refractivity contribution in [3.05, 3.63) is 83.9 Å². The summed E-state index contributed by atoms with van der Waals surface area (Å²) in [6.07, 6.45) is 2.27. The summed E-state index contributed by atoms with van der Waals surface area (Å²) < 4.78 is 35.0. The highest BCUT2D eigenvalue weighted by Crippen LogP contribution is 2.33. The molecule has 3 aromatic rings. The Hall–Kier alpha value is -3.50. The number of thioether (sulfide) groups is 1. The lowest BCUT2D eigenvalue weighted by atomic mass is 10.1. The quantitative estimate of drug-likeness (QED) is 0.289. The Bertz CT molecular complexity index is 1390. The number of rotatable bonds is 13. The van der Waals surface area contributed by atoms with Gasteiger partial charge in [-0.3, -0.25) is 13.9 Å². The number of nitrogens with zero attached hydrogens (tertiary/aromatic N) is 2. The van der Waals surface area contributed by atoms with Crippen LogP contribution < -0.4 is 14.4 Å².